The number of aliphatic imine (C=N–C) groups is 1. The Hall–Kier alpha value is -2.30. The van der Waals surface area contributed by atoms with Gasteiger partial charge in [-0.3, -0.25) is 9.79 Å². The topological polar surface area (TPSA) is 69.7 Å². The highest BCUT2D eigenvalue weighted by atomic mass is 16.4. The van der Waals surface area contributed by atoms with Gasteiger partial charge < -0.3 is 5.11 Å². The molecular weight excluding hydrogens is 280 g/mol. The fourth-order valence-corrected chi connectivity index (χ4v) is 2.44. The normalized spacial score (nSPS) is 12.7. The molecule has 0 fully saturated rings. The van der Waals surface area contributed by atoms with E-state index < -0.39 is 5.97 Å². The van der Waals surface area contributed by atoms with Gasteiger partial charge in [-0.2, -0.15) is 4.58 Å². The monoisotopic (exact) mass is 301 g/mol. The zero-order valence-electron chi connectivity index (χ0n) is 12.6. The van der Waals surface area contributed by atoms with E-state index in [9.17, 15) is 9.59 Å². The summed E-state index contributed by atoms with van der Waals surface area (Å²) in [6.07, 6.45) is 4.16. The van der Waals surface area contributed by atoms with E-state index in [-0.39, 0.29) is 18.7 Å². The van der Waals surface area contributed by atoms with Gasteiger partial charge >= 0.3 is 11.9 Å². The lowest BCUT2D eigenvalue weighted by atomic mass is 9.98. The summed E-state index contributed by atoms with van der Waals surface area (Å²) in [6.45, 7) is 5.04. The highest BCUT2D eigenvalue weighted by molar-refractivity contribution is 5.71. The molecule has 116 valence electrons. The number of aliphatic carboxylic acids is 1. The molecule has 0 spiro atoms. The van der Waals surface area contributed by atoms with Gasteiger partial charge in [0.05, 0.1) is 13.0 Å². The Morgan fingerprint density at radius 1 is 1.27 bits per heavy atom. The number of nitrogens with zero attached hydrogens (tertiary/aromatic N) is 2. The molecule has 5 nitrogen and oxygen atoms in total. The first-order chi connectivity index (χ1) is 10.6. The third kappa shape index (κ3) is 4.62. The standard InChI is InChI=1S/C17H20N2O3/c1-19(16(20)3-2-4-17(21)22)10-8-13-5-6-15-12-18-9-7-14(15)11-13/h5-6,9,11H,1-4,7-8,10,12H2/p+1. The van der Waals surface area contributed by atoms with Crippen molar-refractivity contribution in [3.8, 4) is 0 Å². The first-order valence-electron chi connectivity index (χ1n) is 7.48. The third-order valence-corrected chi connectivity index (χ3v) is 3.78. The SMILES string of the molecule is C=[N+](CCc1ccc2c(c1)CC=NC2)C(=O)CCCC(=O)O. The number of benzene rings is 1. The van der Waals surface area contributed by atoms with Crippen molar-refractivity contribution in [3.05, 3.63) is 34.9 Å². The van der Waals surface area contributed by atoms with Gasteiger partial charge in [-0.15, -0.1) is 0 Å². The second-order valence-corrected chi connectivity index (χ2v) is 5.48. The number of amides is 1. The summed E-state index contributed by atoms with van der Waals surface area (Å²) >= 11 is 0. The second-order valence-electron chi connectivity index (χ2n) is 5.48. The fourth-order valence-electron chi connectivity index (χ4n) is 2.44. The predicted octanol–water partition coefficient (Wildman–Crippen LogP) is 1.85. The van der Waals surface area contributed by atoms with Crippen LogP contribution in [0.1, 0.15) is 36.0 Å². The Bertz CT molecular complexity index is 620. The lowest BCUT2D eigenvalue weighted by molar-refractivity contribution is -0.440. The van der Waals surface area contributed by atoms with E-state index in [4.69, 9.17) is 5.11 Å². The summed E-state index contributed by atoms with van der Waals surface area (Å²) in [6, 6.07) is 6.34. The number of carboxylic acids is 1. The first kappa shape index (κ1) is 16.1. The Balaban J connectivity index is 1.81. The van der Waals surface area contributed by atoms with Crippen molar-refractivity contribution in [3.63, 3.8) is 0 Å². The Labute approximate surface area is 130 Å². The molecular formula is C17H21N2O3+. The van der Waals surface area contributed by atoms with E-state index in [0.717, 1.165) is 19.4 Å². The molecule has 1 aromatic rings. The Morgan fingerprint density at radius 2 is 2.09 bits per heavy atom. The fraction of sp³-hybridized carbons (Fsp3) is 0.412. The van der Waals surface area contributed by atoms with Gasteiger partial charge in [-0.25, -0.2) is 4.79 Å². The van der Waals surface area contributed by atoms with Gasteiger partial charge in [0, 0.05) is 25.5 Å². The third-order valence-electron chi connectivity index (χ3n) is 3.78. The molecule has 1 amide bonds. The average molecular weight is 301 g/mol. The van der Waals surface area contributed by atoms with E-state index >= 15 is 0 Å². The van der Waals surface area contributed by atoms with E-state index in [1.165, 1.54) is 21.3 Å². The minimum atomic E-state index is -0.874. The van der Waals surface area contributed by atoms with Crippen molar-refractivity contribution in [2.24, 2.45) is 4.99 Å². The summed E-state index contributed by atoms with van der Waals surface area (Å²) in [5.41, 5.74) is 3.75. The van der Waals surface area contributed by atoms with Crippen LogP contribution in [0, 0.1) is 0 Å². The van der Waals surface area contributed by atoms with Crippen molar-refractivity contribution in [2.75, 3.05) is 6.54 Å². The molecule has 2 rings (SSSR count). The quantitative estimate of drug-likeness (QED) is 0.617. The smallest absolute Gasteiger partial charge is 0.386 e. The van der Waals surface area contributed by atoms with Crippen LogP contribution in [0.4, 0.5) is 0 Å². The van der Waals surface area contributed by atoms with Crippen LogP contribution in [0.3, 0.4) is 0 Å². The molecule has 1 N–H and O–H groups in total. The van der Waals surface area contributed by atoms with E-state index in [2.05, 4.69) is 29.9 Å². The van der Waals surface area contributed by atoms with Crippen LogP contribution in [0.2, 0.25) is 0 Å². The number of carbonyl (C=O) groups is 2. The highest BCUT2D eigenvalue weighted by Gasteiger charge is 2.15. The van der Waals surface area contributed by atoms with Crippen LogP contribution >= 0.6 is 0 Å². The maximum absolute atomic E-state index is 11.8. The van der Waals surface area contributed by atoms with Crippen LogP contribution < -0.4 is 0 Å². The van der Waals surface area contributed by atoms with Crippen molar-refractivity contribution in [2.45, 2.75) is 38.6 Å². The molecule has 0 aliphatic carbocycles. The summed E-state index contributed by atoms with van der Waals surface area (Å²) in [5.74, 6) is -0.979. The Kier molecular flexibility index (Phi) is 5.58. The molecule has 1 aromatic carbocycles. The van der Waals surface area contributed by atoms with Crippen molar-refractivity contribution in [1.82, 2.24) is 0 Å². The maximum atomic E-state index is 11.8. The molecule has 0 atom stereocenters. The van der Waals surface area contributed by atoms with Gasteiger partial charge in [0.15, 0.2) is 6.54 Å². The molecule has 0 bridgehead atoms. The Morgan fingerprint density at radius 3 is 2.86 bits per heavy atom. The molecule has 0 radical (unpaired) electrons. The highest BCUT2D eigenvalue weighted by Crippen LogP contribution is 2.17. The van der Waals surface area contributed by atoms with Gasteiger partial charge in [0.1, 0.15) is 6.72 Å². The zero-order chi connectivity index (χ0) is 15.9. The van der Waals surface area contributed by atoms with Crippen LogP contribution in [-0.2, 0) is 29.0 Å². The molecule has 22 heavy (non-hydrogen) atoms. The molecule has 1 aliphatic heterocycles. The van der Waals surface area contributed by atoms with Gasteiger partial charge in [-0.05, 0) is 23.1 Å². The lowest BCUT2D eigenvalue weighted by Crippen LogP contribution is -2.21. The first-order valence-corrected chi connectivity index (χ1v) is 7.48. The maximum Gasteiger partial charge on any atom is 0.386 e. The largest absolute Gasteiger partial charge is 0.481 e. The molecule has 0 aromatic heterocycles. The predicted molar refractivity (Wildman–Crippen MR) is 84.8 cm³/mol. The minimum Gasteiger partial charge on any atom is -0.481 e. The number of carboxylic acid groups (broad SMARTS) is 1. The van der Waals surface area contributed by atoms with E-state index in [1.807, 2.05) is 6.21 Å². The van der Waals surface area contributed by atoms with Crippen molar-refractivity contribution >= 4 is 24.8 Å². The van der Waals surface area contributed by atoms with Gasteiger partial charge in [0.25, 0.3) is 0 Å². The van der Waals surface area contributed by atoms with Crippen LogP contribution in [0.5, 0.6) is 0 Å². The molecule has 0 unspecified atom stereocenters. The van der Waals surface area contributed by atoms with Crippen LogP contribution in [-0.4, -0.2) is 41.0 Å². The molecule has 1 heterocycles. The van der Waals surface area contributed by atoms with Crippen molar-refractivity contribution in [1.29, 1.82) is 0 Å². The van der Waals surface area contributed by atoms with E-state index in [1.54, 1.807) is 0 Å². The number of rotatable bonds is 7. The van der Waals surface area contributed by atoms with Crippen molar-refractivity contribution < 1.29 is 19.3 Å². The van der Waals surface area contributed by atoms with Gasteiger partial charge in [-0.1, -0.05) is 18.2 Å². The molecule has 0 saturated heterocycles. The zero-order valence-corrected chi connectivity index (χ0v) is 12.6. The molecule has 0 saturated carbocycles. The summed E-state index contributed by atoms with van der Waals surface area (Å²) in [7, 11) is 0. The van der Waals surface area contributed by atoms with Gasteiger partial charge in [0.2, 0.25) is 0 Å². The number of fused-ring (bicyclic) bond motifs is 1. The molecule has 5 heteroatoms. The lowest BCUT2D eigenvalue weighted by Gasteiger charge is -2.11. The summed E-state index contributed by atoms with van der Waals surface area (Å²) < 4.78 is 1.43. The minimum absolute atomic E-state index is 0.0198. The summed E-state index contributed by atoms with van der Waals surface area (Å²) in [4.78, 5) is 26.5. The summed E-state index contributed by atoms with van der Waals surface area (Å²) in [5, 5.41) is 8.56. The number of hydrogen-bond acceptors (Lipinski definition) is 3. The molecule has 1 aliphatic rings. The second kappa shape index (κ2) is 7.64. The number of hydrogen-bond donors (Lipinski definition) is 1. The van der Waals surface area contributed by atoms with E-state index in [0.29, 0.717) is 13.0 Å². The van der Waals surface area contributed by atoms with Crippen LogP contribution in [0.15, 0.2) is 23.2 Å². The average Bonchev–Trinajstić information content (AvgIpc) is 2.51. The van der Waals surface area contributed by atoms with Crippen LogP contribution in [0.25, 0.3) is 0 Å². The number of carbonyl (C=O) groups excluding carboxylic acids is 1.